The molecule has 1 aromatic carbocycles. The van der Waals surface area contributed by atoms with Crippen molar-refractivity contribution >= 4 is 9.84 Å². The fourth-order valence-electron chi connectivity index (χ4n) is 2.33. The fourth-order valence-corrected chi connectivity index (χ4v) is 4.29. The largest absolute Gasteiger partial charge is 0.380 e. The number of rotatable bonds is 2. The number of hydrogen-bond donors (Lipinski definition) is 1. The molecule has 1 aliphatic rings. The van der Waals surface area contributed by atoms with Crippen LogP contribution in [0.25, 0.3) is 0 Å². The van der Waals surface area contributed by atoms with Crippen molar-refractivity contribution in [2.24, 2.45) is 5.73 Å². The lowest BCUT2D eigenvalue weighted by Crippen LogP contribution is -2.47. The maximum absolute atomic E-state index is 12.6. The second-order valence-corrected chi connectivity index (χ2v) is 7.02. The molecule has 0 aliphatic carbocycles. The normalized spacial score (nSPS) is 25.1. The van der Waals surface area contributed by atoms with Gasteiger partial charge in [-0.15, -0.1) is 0 Å². The highest BCUT2D eigenvalue weighted by Crippen LogP contribution is 2.25. The van der Waals surface area contributed by atoms with Crippen molar-refractivity contribution in [2.75, 3.05) is 13.2 Å². The molecule has 1 heterocycles. The van der Waals surface area contributed by atoms with Crippen molar-refractivity contribution in [1.82, 2.24) is 0 Å². The monoisotopic (exact) mass is 269 g/mol. The predicted octanol–water partition coefficient (Wildman–Crippen LogP) is 1.19. The van der Waals surface area contributed by atoms with Gasteiger partial charge in [-0.25, -0.2) is 8.42 Å². The quantitative estimate of drug-likeness (QED) is 0.875. The van der Waals surface area contributed by atoms with Gasteiger partial charge in [0.25, 0.3) is 0 Å². The number of nitrogens with two attached hydrogens (primary N) is 1. The van der Waals surface area contributed by atoms with Gasteiger partial charge in [-0.3, -0.25) is 0 Å². The Bertz CT molecular complexity index is 539. The maximum atomic E-state index is 12.6. The molecule has 18 heavy (non-hydrogen) atoms. The van der Waals surface area contributed by atoms with E-state index in [1.807, 2.05) is 26.0 Å². The summed E-state index contributed by atoms with van der Waals surface area (Å²) >= 11 is 0. The molecular formula is C13H19NO3S. The van der Waals surface area contributed by atoms with Crippen LogP contribution in [0.4, 0.5) is 0 Å². The molecule has 0 radical (unpaired) electrons. The molecule has 1 aromatic rings. The average Bonchev–Trinajstić information content (AvgIpc) is 2.28. The number of hydrogen-bond acceptors (Lipinski definition) is 4. The second-order valence-electron chi connectivity index (χ2n) is 4.88. The van der Waals surface area contributed by atoms with Crippen LogP contribution in [-0.4, -0.2) is 32.9 Å². The minimum absolute atomic E-state index is 0.191. The van der Waals surface area contributed by atoms with Gasteiger partial charge >= 0.3 is 0 Å². The minimum Gasteiger partial charge on any atom is -0.380 e. The summed E-state index contributed by atoms with van der Waals surface area (Å²) in [6.45, 7) is 4.49. The topological polar surface area (TPSA) is 69.4 Å². The van der Waals surface area contributed by atoms with Gasteiger partial charge in [0, 0.05) is 12.6 Å². The van der Waals surface area contributed by atoms with Crippen LogP contribution in [0.15, 0.2) is 23.1 Å². The minimum atomic E-state index is -3.41. The Kier molecular flexibility index (Phi) is 3.75. The number of benzene rings is 1. The Morgan fingerprint density at radius 3 is 2.67 bits per heavy atom. The number of ether oxygens (including phenoxy) is 1. The lowest BCUT2D eigenvalue weighted by molar-refractivity contribution is 0.0891. The van der Waals surface area contributed by atoms with Gasteiger partial charge < -0.3 is 10.5 Å². The highest BCUT2D eigenvalue weighted by Gasteiger charge is 2.36. The molecular weight excluding hydrogens is 250 g/mol. The van der Waals surface area contributed by atoms with Gasteiger partial charge in [-0.2, -0.15) is 0 Å². The second kappa shape index (κ2) is 4.99. The summed E-state index contributed by atoms with van der Waals surface area (Å²) in [5.41, 5.74) is 7.75. The molecule has 0 spiro atoms. The van der Waals surface area contributed by atoms with E-state index in [9.17, 15) is 8.42 Å². The van der Waals surface area contributed by atoms with Crippen LogP contribution in [0, 0.1) is 13.8 Å². The summed E-state index contributed by atoms with van der Waals surface area (Å²) in [4.78, 5) is 0.374. The van der Waals surface area contributed by atoms with Crippen molar-refractivity contribution in [3.8, 4) is 0 Å². The smallest absolute Gasteiger partial charge is 0.185 e. The molecule has 2 unspecified atom stereocenters. The van der Waals surface area contributed by atoms with E-state index in [-0.39, 0.29) is 12.6 Å². The molecule has 5 heteroatoms. The van der Waals surface area contributed by atoms with Crippen LogP contribution in [0.3, 0.4) is 0 Å². The zero-order valence-electron chi connectivity index (χ0n) is 10.7. The van der Waals surface area contributed by atoms with E-state index >= 15 is 0 Å². The zero-order chi connectivity index (χ0) is 13.3. The summed E-state index contributed by atoms with van der Waals surface area (Å²) < 4.78 is 30.4. The van der Waals surface area contributed by atoms with E-state index < -0.39 is 15.1 Å². The zero-order valence-corrected chi connectivity index (χ0v) is 11.5. The number of aryl methyl sites for hydroxylation is 2. The summed E-state index contributed by atoms with van der Waals surface area (Å²) in [5, 5.41) is -0.632. The SMILES string of the molecule is Cc1ccc(S(=O)(=O)C2COCCC2N)c(C)c1. The Balaban J connectivity index is 2.41. The Hall–Kier alpha value is -0.910. The van der Waals surface area contributed by atoms with Crippen LogP contribution in [-0.2, 0) is 14.6 Å². The van der Waals surface area contributed by atoms with Gasteiger partial charge in [0.2, 0.25) is 0 Å². The molecule has 2 rings (SSSR count). The van der Waals surface area contributed by atoms with Crippen molar-refractivity contribution in [2.45, 2.75) is 36.5 Å². The Labute approximate surface area is 108 Å². The van der Waals surface area contributed by atoms with Crippen LogP contribution in [0.1, 0.15) is 17.5 Å². The first-order chi connectivity index (χ1) is 8.43. The van der Waals surface area contributed by atoms with E-state index in [4.69, 9.17) is 10.5 Å². The number of sulfone groups is 1. The van der Waals surface area contributed by atoms with E-state index in [1.54, 1.807) is 6.07 Å². The third kappa shape index (κ3) is 2.43. The van der Waals surface area contributed by atoms with E-state index in [0.717, 1.165) is 11.1 Å². The molecule has 0 saturated carbocycles. The highest BCUT2D eigenvalue weighted by atomic mass is 32.2. The lowest BCUT2D eigenvalue weighted by Gasteiger charge is -2.28. The molecule has 0 bridgehead atoms. The fraction of sp³-hybridized carbons (Fsp3) is 0.538. The van der Waals surface area contributed by atoms with E-state index in [0.29, 0.717) is 17.9 Å². The van der Waals surface area contributed by atoms with Crippen molar-refractivity contribution in [1.29, 1.82) is 0 Å². The van der Waals surface area contributed by atoms with Crippen molar-refractivity contribution in [3.05, 3.63) is 29.3 Å². The first-order valence-electron chi connectivity index (χ1n) is 6.07. The van der Waals surface area contributed by atoms with Crippen molar-refractivity contribution < 1.29 is 13.2 Å². The Morgan fingerprint density at radius 2 is 2.06 bits per heavy atom. The molecule has 0 amide bonds. The van der Waals surface area contributed by atoms with E-state index in [1.165, 1.54) is 0 Å². The molecule has 0 aromatic heterocycles. The van der Waals surface area contributed by atoms with Gasteiger partial charge in [-0.05, 0) is 31.9 Å². The first kappa shape index (κ1) is 13.5. The van der Waals surface area contributed by atoms with Crippen molar-refractivity contribution in [3.63, 3.8) is 0 Å². The third-order valence-corrected chi connectivity index (χ3v) is 5.74. The van der Waals surface area contributed by atoms with Crippen LogP contribution in [0.2, 0.25) is 0 Å². The summed E-state index contributed by atoms with van der Waals surface area (Å²) in [6, 6.07) is 5.02. The first-order valence-corrected chi connectivity index (χ1v) is 7.62. The summed E-state index contributed by atoms with van der Waals surface area (Å²) in [7, 11) is -3.41. The standard InChI is InChI=1S/C13H19NO3S/c1-9-3-4-12(10(2)7-9)18(15,16)13-8-17-6-5-11(13)14/h3-4,7,11,13H,5-6,8,14H2,1-2H3. The molecule has 2 atom stereocenters. The summed E-state index contributed by atoms with van der Waals surface area (Å²) in [5.74, 6) is 0. The maximum Gasteiger partial charge on any atom is 0.185 e. The predicted molar refractivity (Wildman–Crippen MR) is 70.3 cm³/mol. The van der Waals surface area contributed by atoms with Gasteiger partial charge in [0.1, 0.15) is 5.25 Å². The molecule has 100 valence electrons. The summed E-state index contributed by atoms with van der Waals surface area (Å²) in [6.07, 6.45) is 0.592. The molecule has 1 saturated heterocycles. The van der Waals surface area contributed by atoms with Crippen LogP contribution < -0.4 is 5.73 Å². The highest BCUT2D eigenvalue weighted by molar-refractivity contribution is 7.92. The van der Waals surface area contributed by atoms with Gasteiger partial charge in [0.15, 0.2) is 9.84 Å². The molecule has 1 fully saturated rings. The van der Waals surface area contributed by atoms with Gasteiger partial charge in [0.05, 0.1) is 11.5 Å². The molecule has 1 aliphatic heterocycles. The lowest BCUT2D eigenvalue weighted by atomic mass is 10.1. The third-order valence-electron chi connectivity index (χ3n) is 3.39. The van der Waals surface area contributed by atoms with Crippen LogP contribution >= 0.6 is 0 Å². The molecule has 4 nitrogen and oxygen atoms in total. The average molecular weight is 269 g/mol. The van der Waals surface area contributed by atoms with Crippen LogP contribution in [0.5, 0.6) is 0 Å². The molecule has 2 N–H and O–H groups in total. The van der Waals surface area contributed by atoms with Gasteiger partial charge in [-0.1, -0.05) is 17.7 Å². The Morgan fingerprint density at radius 1 is 1.33 bits per heavy atom. The van der Waals surface area contributed by atoms with E-state index in [2.05, 4.69) is 0 Å².